The Morgan fingerprint density at radius 1 is 1.24 bits per heavy atom. The third-order valence-corrected chi connectivity index (χ3v) is 3.15. The molecule has 21 heavy (non-hydrogen) atoms. The molecular weight excluding hydrogens is 268 g/mol. The number of unbranched alkanes of at least 4 members (excludes halogenated alkanes) is 1. The van der Waals surface area contributed by atoms with Gasteiger partial charge in [0.05, 0.1) is 17.9 Å². The molecule has 0 fully saturated rings. The van der Waals surface area contributed by atoms with E-state index in [1.807, 2.05) is 4.90 Å². The summed E-state index contributed by atoms with van der Waals surface area (Å²) in [6.07, 6.45) is 1.94. The summed E-state index contributed by atoms with van der Waals surface area (Å²) in [5.41, 5.74) is 13.1. The number of nitrogens with zero attached hydrogens (tertiary/aromatic N) is 2. The molecule has 6 heteroatoms. The second-order valence-electron chi connectivity index (χ2n) is 5.21. The van der Waals surface area contributed by atoms with Crippen LogP contribution in [0.25, 0.3) is 0 Å². The number of nitrogen functional groups attached to an aromatic ring is 1. The number of carbonyl (C=O) groups excluding carboxylic acids is 2. The molecule has 0 aromatic heterocycles. The van der Waals surface area contributed by atoms with Gasteiger partial charge < -0.3 is 21.3 Å². The molecule has 0 heterocycles. The Morgan fingerprint density at radius 2 is 1.90 bits per heavy atom. The van der Waals surface area contributed by atoms with Crippen LogP contribution in [0.3, 0.4) is 0 Å². The molecule has 1 aromatic rings. The fourth-order valence-electron chi connectivity index (χ4n) is 2.06. The van der Waals surface area contributed by atoms with Gasteiger partial charge in [-0.3, -0.25) is 9.59 Å². The molecule has 0 aliphatic heterocycles. The first-order valence-corrected chi connectivity index (χ1v) is 7.01. The van der Waals surface area contributed by atoms with E-state index in [0.717, 1.165) is 18.5 Å². The molecule has 0 aliphatic rings. The zero-order valence-electron chi connectivity index (χ0n) is 12.9. The van der Waals surface area contributed by atoms with Gasteiger partial charge in [0.2, 0.25) is 5.91 Å². The predicted octanol–water partition coefficient (Wildman–Crippen LogP) is 1.06. The summed E-state index contributed by atoms with van der Waals surface area (Å²) < 4.78 is 0. The molecule has 0 atom stereocenters. The number of carbonyl (C=O) groups is 2. The standard InChI is InChI=1S/C15H24N4O2/c1-4-5-8-19(10-14(17)20)13-7-6-11(9-12(13)16)15(21)18(2)3/h6-7,9H,4-5,8,10,16H2,1-3H3,(H2,17,20). The largest absolute Gasteiger partial charge is 0.397 e. The van der Waals surface area contributed by atoms with E-state index < -0.39 is 5.91 Å². The van der Waals surface area contributed by atoms with Gasteiger partial charge in [-0.2, -0.15) is 0 Å². The zero-order valence-corrected chi connectivity index (χ0v) is 12.9. The predicted molar refractivity (Wildman–Crippen MR) is 85.2 cm³/mol. The topological polar surface area (TPSA) is 92.7 Å². The number of primary amides is 1. The number of hydrogen-bond donors (Lipinski definition) is 2. The lowest BCUT2D eigenvalue weighted by Gasteiger charge is -2.25. The van der Waals surface area contributed by atoms with E-state index in [1.54, 1.807) is 32.3 Å². The van der Waals surface area contributed by atoms with E-state index in [4.69, 9.17) is 11.5 Å². The molecule has 0 radical (unpaired) electrons. The smallest absolute Gasteiger partial charge is 0.253 e. The molecule has 0 unspecified atom stereocenters. The molecule has 1 aromatic carbocycles. The van der Waals surface area contributed by atoms with Crippen molar-refractivity contribution in [2.45, 2.75) is 19.8 Å². The van der Waals surface area contributed by atoms with E-state index in [2.05, 4.69) is 6.92 Å². The molecular formula is C15H24N4O2. The maximum atomic E-state index is 11.9. The molecule has 116 valence electrons. The third-order valence-electron chi connectivity index (χ3n) is 3.15. The van der Waals surface area contributed by atoms with Gasteiger partial charge >= 0.3 is 0 Å². The van der Waals surface area contributed by atoms with Gasteiger partial charge in [-0.05, 0) is 24.6 Å². The highest BCUT2D eigenvalue weighted by molar-refractivity contribution is 5.96. The summed E-state index contributed by atoms with van der Waals surface area (Å²) in [6, 6.07) is 5.12. The van der Waals surface area contributed by atoms with E-state index in [9.17, 15) is 9.59 Å². The maximum Gasteiger partial charge on any atom is 0.253 e. The van der Waals surface area contributed by atoms with Crippen molar-refractivity contribution in [2.75, 3.05) is 37.8 Å². The first kappa shape index (κ1) is 16.8. The summed E-state index contributed by atoms with van der Waals surface area (Å²) in [7, 11) is 3.38. The lowest BCUT2D eigenvalue weighted by molar-refractivity contribution is -0.116. The van der Waals surface area contributed by atoms with Gasteiger partial charge in [-0.1, -0.05) is 13.3 Å². The molecule has 2 amide bonds. The lowest BCUT2D eigenvalue weighted by atomic mass is 10.1. The molecule has 0 aliphatic carbocycles. The number of anilines is 2. The maximum absolute atomic E-state index is 11.9. The second-order valence-corrected chi connectivity index (χ2v) is 5.21. The summed E-state index contributed by atoms with van der Waals surface area (Å²) in [4.78, 5) is 26.5. The summed E-state index contributed by atoms with van der Waals surface area (Å²) in [5.74, 6) is -0.512. The van der Waals surface area contributed by atoms with Crippen molar-refractivity contribution in [3.8, 4) is 0 Å². The molecule has 0 bridgehead atoms. The van der Waals surface area contributed by atoms with Crippen molar-refractivity contribution in [2.24, 2.45) is 5.73 Å². The van der Waals surface area contributed by atoms with E-state index >= 15 is 0 Å². The number of hydrogen-bond acceptors (Lipinski definition) is 4. The average Bonchev–Trinajstić information content (AvgIpc) is 2.42. The van der Waals surface area contributed by atoms with E-state index in [0.29, 0.717) is 17.8 Å². The normalized spacial score (nSPS) is 10.2. The van der Waals surface area contributed by atoms with Crippen LogP contribution in [-0.2, 0) is 4.79 Å². The Labute approximate surface area is 125 Å². The van der Waals surface area contributed by atoms with Crippen molar-refractivity contribution < 1.29 is 9.59 Å². The van der Waals surface area contributed by atoms with Gasteiger partial charge in [0.25, 0.3) is 5.91 Å². The van der Waals surface area contributed by atoms with Crippen molar-refractivity contribution in [1.29, 1.82) is 0 Å². The average molecular weight is 292 g/mol. The van der Waals surface area contributed by atoms with E-state index in [1.165, 1.54) is 4.90 Å². The van der Waals surface area contributed by atoms with Gasteiger partial charge in [0.1, 0.15) is 0 Å². The number of amides is 2. The monoisotopic (exact) mass is 292 g/mol. The Hall–Kier alpha value is -2.24. The molecule has 0 saturated carbocycles. The van der Waals surface area contributed by atoms with Crippen LogP contribution in [0.4, 0.5) is 11.4 Å². The van der Waals surface area contributed by atoms with Crippen LogP contribution in [0.2, 0.25) is 0 Å². The molecule has 0 saturated heterocycles. The number of rotatable bonds is 7. The first-order chi connectivity index (χ1) is 9.86. The summed E-state index contributed by atoms with van der Waals surface area (Å²) in [5, 5.41) is 0. The van der Waals surface area contributed by atoms with Crippen LogP contribution in [0, 0.1) is 0 Å². The minimum absolute atomic E-state index is 0.108. The highest BCUT2D eigenvalue weighted by Crippen LogP contribution is 2.25. The molecule has 1 rings (SSSR count). The minimum Gasteiger partial charge on any atom is -0.397 e. The minimum atomic E-state index is -0.404. The highest BCUT2D eigenvalue weighted by Gasteiger charge is 2.15. The van der Waals surface area contributed by atoms with Crippen molar-refractivity contribution in [3.63, 3.8) is 0 Å². The number of nitrogens with two attached hydrogens (primary N) is 2. The van der Waals surface area contributed by atoms with Gasteiger partial charge in [-0.15, -0.1) is 0 Å². The summed E-state index contributed by atoms with van der Waals surface area (Å²) in [6.45, 7) is 2.89. The van der Waals surface area contributed by atoms with Gasteiger partial charge in [-0.25, -0.2) is 0 Å². The van der Waals surface area contributed by atoms with E-state index in [-0.39, 0.29) is 12.5 Å². The van der Waals surface area contributed by atoms with Crippen molar-refractivity contribution >= 4 is 23.2 Å². The van der Waals surface area contributed by atoms with Crippen LogP contribution in [0.15, 0.2) is 18.2 Å². The van der Waals surface area contributed by atoms with Crippen LogP contribution < -0.4 is 16.4 Å². The van der Waals surface area contributed by atoms with Crippen LogP contribution in [0.1, 0.15) is 30.1 Å². The summed E-state index contributed by atoms with van der Waals surface area (Å²) >= 11 is 0. The third kappa shape index (κ3) is 4.66. The fourth-order valence-corrected chi connectivity index (χ4v) is 2.06. The molecule has 0 spiro atoms. The quantitative estimate of drug-likeness (QED) is 0.735. The first-order valence-electron chi connectivity index (χ1n) is 7.01. The second kappa shape index (κ2) is 7.52. The number of benzene rings is 1. The highest BCUT2D eigenvalue weighted by atomic mass is 16.2. The van der Waals surface area contributed by atoms with Gasteiger partial charge in [0.15, 0.2) is 0 Å². The molecule has 6 nitrogen and oxygen atoms in total. The van der Waals surface area contributed by atoms with Crippen molar-refractivity contribution in [3.05, 3.63) is 23.8 Å². The SMILES string of the molecule is CCCCN(CC(N)=O)c1ccc(C(=O)N(C)C)cc1N. The fraction of sp³-hybridized carbons (Fsp3) is 0.467. The Morgan fingerprint density at radius 3 is 2.38 bits per heavy atom. The Kier molecular flexibility index (Phi) is 6.02. The zero-order chi connectivity index (χ0) is 16.0. The Bertz CT molecular complexity index is 514. The van der Waals surface area contributed by atoms with Crippen molar-refractivity contribution in [1.82, 2.24) is 4.90 Å². The van der Waals surface area contributed by atoms with Crippen LogP contribution in [0.5, 0.6) is 0 Å². The Balaban J connectivity index is 3.03. The van der Waals surface area contributed by atoms with Gasteiger partial charge in [0, 0.05) is 26.2 Å². The van der Waals surface area contributed by atoms with Crippen LogP contribution in [-0.4, -0.2) is 43.9 Å². The lowest BCUT2D eigenvalue weighted by Crippen LogP contribution is -2.35. The van der Waals surface area contributed by atoms with Crippen LogP contribution >= 0.6 is 0 Å². The molecule has 4 N–H and O–H groups in total.